The third kappa shape index (κ3) is 5.90. The van der Waals surface area contributed by atoms with Crippen LogP contribution in [0.5, 0.6) is 0 Å². The van der Waals surface area contributed by atoms with E-state index in [2.05, 4.69) is 43.4 Å². The molecule has 1 N–H and O–H groups in total. The number of aromatic nitrogens is 1. The van der Waals surface area contributed by atoms with Crippen molar-refractivity contribution in [1.29, 1.82) is 0 Å². The Morgan fingerprint density at radius 2 is 2.07 bits per heavy atom. The Morgan fingerprint density at radius 1 is 1.33 bits per heavy atom. The summed E-state index contributed by atoms with van der Waals surface area (Å²) in [6.45, 7) is 9.78. The molecule has 0 amide bonds. The predicted molar refractivity (Wildman–Crippen MR) is 67.5 cm³/mol. The van der Waals surface area contributed by atoms with Crippen LogP contribution >= 0.6 is 11.3 Å². The van der Waals surface area contributed by atoms with E-state index in [1.165, 1.54) is 23.5 Å². The summed E-state index contributed by atoms with van der Waals surface area (Å²) in [6.07, 6.45) is 3.58. The lowest BCUT2D eigenvalue weighted by Gasteiger charge is -2.20. The number of nitrogens with one attached hydrogen (secondary N) is 1. The summed E-state index contributed by atoms with van der Waals surface area (Å²) in [7, 11) is 0. The number of rotatable bonds is 5. The second-order valence-corrected chi connectivity index (χ2v) is 6.05. The third-order valence-corrected chi connectivity index (χ3v) is 3.00. The Balaban J connectivity index is 2.07. The fourth-order valence-corrected chi connectivity index (χ4v) is 2.06. The lowest BCUT2D eigenvalue weighted by molar-refractivity contribution is 0.418. The Kier molecular flexibility index (Phi) is 4.74. The molecule has 0 bridgehead atoms. The molecule has 0 unspecified atom stereocenters. The number of nitrogens with zero attached hydrogens (tertiary/aromatic N) is 1. The van der Waals surface area contributed by atoms with E-state index in [-0.39, 0.29) is 5.54 Å². The summed E-state index contributed by atoms with van der Waals surface area (Å²) >= 11 is 1.75. The quantitative estimate of drug-likeness (QED) is 0.780. The molecule has 0 saturated carbocycles. The standard InChI is InChI=1S/C12H22N2S/c1-10-14-11(9-15-10)7-5-6-8-13-12(2,3)4/h9,13H,5-8H2,1-4H3. The Labute approximate surface area is 97.1 Å². The van der Waals surface area contributed by atoms with Crippen LogP contribution in [0.15, 0.2) is 5.38 Å². The van der Waals surface area contributed by atoms with Gasteiger partial charge in [-0.1, -0.05) is 0 Å². The van der Waals surface area contributed by atoms with Crippen molar-refractivity contribution in [1.82, 2.24) is 10.3 Å². The maximum Gasteiger partial charge on any atom is 0.0897 e. The predicted octanol–water partition coefficient (Wildman–Crippen LogP) is 3.16. The van der Waals surface area contributed by atoms with Crippen molar-refractivity contribution in [3.8, 4) is 0 Å². The van der Waals surface area contributed by atoms with Crippen molar-refractivity contribution in [3.63, 3.8) is 0 Å². The monoisotopic (exact) mass is 226 g/mol. The summed E-state index contributed by atoms with van der Waals surface area (Å²) in [5.74, 6) is 0. The summed E-state index contributed by atoms with van der Waals surface area (Å²) in [6, 6.07) is 0. The van der Waals surface area contributed by atoms with Crippen LogP contribution in [-0.4, -0.2) is 17.1 Å². The molecule has 86 valence electrons. The molecule has 0 aliphatic rings. The minimum Gasteiger partial charge on any atom is -0.312 e. The minimum atomic E-state index is 0.247. The van der Waals surface area contributed by atoms with Gasteiger partial charge in [0.2, 0.25) is 0 Å². The van der Waals surface area contributed by atoms with E-state index in [4.69, 9.17) is 0 Å². The molecule has 0 saturated heterocycles. The van der Waals surface area contributed by atoms with E-state index < -0.39 is 0 Å². The zero-order valence-electron chi connectivity index (χ0n) is 10.3. The highest BCUT2D eigenvalue weighted by atomic mass is 32.1. The maximum atomic E-state index is 4.46. The smallest absolute Gasteiger partial charge is 0.0897 e. The zero-order chi connectivity index (χ0) is 11.3. The van der Waals surface area contributed by atoms with Gasteiger partial charge < -0.3 is 5.32 Å². The molecule has 1 rings (SSSR count). The molecule has 0 radical (unpaired) electrons. The Bertz CT molecular complexity index is 286. The molecule has 0 aliphatic carbocycles. The van der Waals surface area contributed by atoms with E-state index >= 15 is 0 Å². The number of hydrogen-bond acceptors (Lipinski definition) is 3. The van der Waals surface area contributed by atoms with Crippen LogP contribution in [0.3, 0.4) is 0 Å². The summed E-state index contributed by atoms with van der Waals surface area (Å²) in [4.78, 5) is 4.46. The fraction of sp³-hybridized carbons (Fsp3) is 0.750. The van der Waals surface area contributed by atoms with Gasteiger partial charge in [0.1, 0.15) is 0 Å². The van der Waals surface area contributed by atoms with Gasteiger partial charge in [-0.05, 0) is 53.5 Å². The van der Waals surface area contributed by atoms with Gasteiger partial charge in [-0.3, -0.25) is 0 Å². The van der Waals surface area contributed by atoms with Gasteiger partial charge in [0.15, 0.2) is 0 Å². The van der Waals surface area contributed by atoms with Gasteiger partial charge in [-0.25, -0.2) is 4.98 Å². The number of unbranched alkanes of at least 4 members (excludes halogenated alkanes) is 1. The van der Waals surface area contributed by atoms with Gasteiger partial charge >= 0.3 is 0 Å². The average Bonchev–Trinajstić information content (AvgIpc) is 2.49. The van der Waals surface area contributed by atoms with Crippen LogP contribution in [0.25, 0.3) is 0 Å². The van der Waals surface area contributed by atoms with Crippen LogP contribution < -0.4 is 5.32 Å². The molecular weight excluding hydrogens is 204 g/mol. The number of aryl methyl sites for hydroxylation is 2. The molecular formula is C12H22N2S. The van der Waals surface area contributed by atoms with Crippen LogP contribution in [0.4, 0.5) is 0 Å². The molecule has 1 heterocycles. The molecule has 0 atom stereocenters. The van der Waals surface area contributed by atoms with E-state index in [0.29, 0.717) is 0 Å². The zero-order valence-corrected chi connectivity index (χ0v) is 11.1. The van der Waals surface area contributed by atoms with Crippen molar-refractivity contribution in [2.45, 2.75) is 52.5 Å². The Hall–Kier alpha value is -0.410. The van der Waals surface area contributed by atoms with E-state index in [1.807, 2.05) is 0 Å². The first-order valence-electron chi connectivity index (χ1n) is 5.63. The van der Waals surface area contributed by atoms with Crippen molar-refractivity contribution in [2.75, 3.05) is 6.54 Å². The first-order valence-corrected chi connectivity index (χ1v) is 6.51. The highest BCUT2D eigenvalue weighted by molar-refractivity contribution is 7.09. The molecule has 2 nitrogen and oxygen atoms in total. The summed E-state index contributed by atoms with van der Waals surface area (Å²) in [5.41, 5.74) is 1.50. The molecule has 1 aromatic rings. The summed E-state index contributed by atoms with van der Waals surface area (Å²) in [5, 5.41) is 6.85. The van der Waals surface area contributed by atoms with Gasteiger partial charge in [-0.15, -0.1) is 11.3 Å². The van der Waals surface area contributed by atoms with E-state index in [1.54, 1.807) is 11.3 Å². The highest BCUT2D eigenvalue weighted by Crippen LogP contribution is 2.10. The molecule has 0 aromatic carbocycles. The number of hydrogen-bond donors (Lipinski definition) is 1. The van der Waals surface area contributed by atoms with Crippen molar-refractivity contribution in [2.24, 2.45) is 0 Å². The molecule has 0 spiro atoms. The molecule has 1 aromatic heterocycles. The molecule has 3 heteroatoms. The lowest BCUT2D eigenvalue weighted by atomic mass is 10.1. The van der Waals surface area contributed by atoms with Crippen LogP contribution in [0, 0.1) is 6.92 Å². The molecule has 0 fully saturated rings. The van der Waals surface area contributed by atoms with Crippen molar-refractivity contribution in [3.05, 3.63) is 16.1 Å². The van der Waals surface area contributed by atoms with Gasteiger partial charge in [0, 0.05) is 10.9 Å². The lowest BCUT2D eigenvalue weighted by Crippen LogP contribution is -2.36. The van der Waals surface area contributed by atoms with Gasteiger partial charge in [0.25, 0.3) is 0 Å². The first kappa shape index (κ1) is 12.7. The van der Waals surface area contributed by atoms with Crippen LogP contribution in [-0.2, 0) is 6.42 Å². The topological polar surface area (TPSA) is 24.9 Å². The van der Waals surface area contributed by atoms with Crippen LogP contribution in [0.2, 0.25) is 0 Å². The molecule has 0 aliphatic heterocycles. The summed E-state index contributed by atoms with van der Waals surface area (Å²) < 4.78 is 0. The van der Waals surface area contributed by atoms with Crippen molar-refractivity contribution >= 4 is 11.3 Å². The van der Waals surface area contributed by atoms with Crippen LogP contribution in [0.1, 0.15) is 44.3 Å². The first-order chi connectivity index (χ1) is 6.97. The fourth-order valence-electron chi connectivity index (χ4n) is 1.42. The molecule has 15 heavy (non-hydrogen) atoms. The van der Waals surface area contributed by atoms with E-state index in [9.17, 15) is 0 Å². The maximum absolute atomic E-state index is 4.46. The van der Waals surface area contributed by atoms with Gasteiger partial charge in [-0.2, -0.15) is 0 Å². The minimum absolute atomic E-state index is 0.247. The second-order valence-electron chi connectivity index (χ2n) is 4.99. The Morgan fingerprint density at radius 3 is 2.60 bits per heavy atom. The highest BCUT2D eigenvalue weighted by Gasteiger charge is 2.07. The second kappa shape index (κ2) is 5.61. The largest absolute Gasteiger partial charge is 0.312 e. The normalized spacial score (nSPS) is 12.0. The van der Waals surface area contributed by atoms with Crippen molar-refractivity contribution < 1.29 is 0 Å². The average molecular weight is 226 g/mol. The SMILES string of the molecule is Cc1nc(CCCCNC(C)(C)C)cs1. The third-order valence-electron chi connectivity index (χ3n) is 2.18. The van der Waals surface area contributed by atoms with Gasteiger partial charge in [0.05, 0.1) is 10.7 Å². The number of thiazole rings is 1. The van der Waals surface area contributed by atoms with E-state index in [0.717, 1.165) is 13.0 Å².